The van der Waals surface area contributed by atoms with Crippen molar-refractivity contribution in [1.82, 2.24) is 9.80 Å². The first kappa shape index (κ1) is 21.2. The molecule has 1 fully saturated rings. The van der Waals surface area contributed by atoms with Gasteiger partial charge >= 0.3 is 0 Å². The molecule has 30 heavy (non-hydrogen) atoms. The molecule has 1 amide bonds. The lowest BCUT2D eigenvalue weighted by molar-refractivity contribution is -0.129. The Morgan fingerprint density at radius 2 is 1.87 bits per heavy atom. The van der Waals surface area contributed by atoms with E-state index in [0.717, 1.165) is 35.8 Å². The quantitative estimate of drug-likeness (QED) is 0.680. The van der Waals surface area contributed by atoms with Crippen molar-refractivity contribution >= 4 is 17.7 Å². The Kier molecular flexibility index (Phi) is 6.97. The van der Waals surface area contributed by atoms with Gasteiger partial charge in [0.25, 0.3) is 0 Å². The van der Waals surface area contributed by atoms with Gasteiger partial charge in [0.15, 0.2) is 0 Å². The minimum absolute atomic E-state index is 0.154. The molecule has 2 aromatic carbocycles. The van der Waals surface area contributed by atoms with Gasteiger partial charge in [0.05, 0.1) is 24.5 Å². The van der Waals surface area contributed by atoms with Gasteiger partial charge in [0, 0.05) is 36.6 Å². The van der Waals surface area contributed by atoms with E-state index in [1.54, 1.807) is 11.8 Å². The molecule has 0 bridgehead atoms. The summed E-state index contributed by atoms with van der Waals surface area (Å²) in [4.78, 5) is 18.3. The number of amides is 1. The van der Waals surface area contributed by atoms with Crippen molar-refractivity contribution in [3.63, 3.8) is 0 Å². The molecule has 160 valence electrons. The molecule has 2 aliphatic rings. The van der Waals surface area contributed by atoms with Crippen LogP contribution in [0.5, 0.6) is 5.75 Å². The number of nitrogens with zero attached hydrogens (tertiary/aromatic N) is 2. The second-order valence-electron chi connectivity index (χ2n) is 8.16. The number of hydrogen-bond acceptors (Lipinski definition) is 5. The molecule has 0 aromatic heterocycles. The molecule has 0 aliphatic carbocycles. The maximum Gasteiger partial charge on any atom is 0.233 e. The molecule has 0 radical (unpaired) electrons. The van der Waals surface area contributed by atoms with Crippen molar-refractivity contribution in [2.24, 2.45) is 0 Å². The van der Waals surface area contributed by atoms with Crippen molar-refractivity contribution in [3.05, 3.63) is 59.7 Å². The number of fused-ring (bicyclic) bond motifs is 1. The van der Waals surface area contributed by atoms with Gasteiger partial charge in [0.1, 0.15) is 12.4 Å². The molecule has 5 nitrogen and oxygen atoms in total. The topological polar surface area (TPSA) is 42.0 Å². The van der Waals surface area contributed by atoms with E-state index in [2.05, 4.69) is 36.9 Å². The molecule has 2 aromatic rings. The molecular formula is C24H30N2O3S. The summed E-state index contributed by atoms with van der Waals surface area (Å²) < 4.78 is 11.8. The van der Waals surface area contributed by atoms with E-state index in [4.69, 9.17) is 9.47 Å². The zero-order valence-electron chi connectivity index (χ0n) is 17.8. The Balaban J connectivity index is 1.40. The lowest BCUT2D eigenvalue weighted by atomic mass is 10.1. The average Bonchev–Trinajstić information content (AvgIpc) is 2.94. The number of rotatable bonds is 5. The summed E-state index contributed by atoms with van der Waals surface area (Å²) in [5, 5.41) is 0. The second kappa shape index (κ2) is 9.86. The lowest BCUT2D eigenvalue weighted by Gasteiger charge is -2.35. The van der Waals surface area contributed by atoms with Crippen molar-refractivity contribution in [3.8, 4) is 5.75 Å². The Morgan fingerprint density at radius 3 is 2.63 bits per heavy atom. The fourth-order valence-electron chi connectivity index (χ4n) is 4.18. The number of morpholine rings is 1. The number of hydrogen-bond donors (Lipinski definition) is 0. The number of carbonyl (C=O) groups is 1. The van der Waals surface area contributed by atoms with Crippen LogP contribution in [0.1, 0.15) is 25.0 Å². The van der Waals surface area contributed by atoms with E-state index < -0.39 is 0 Å². The normalized spacial score (nSPS) is 22.1. The zero-order chi connectivity index (χ0) is 20.9. The van der Waals surface area contributed by atoms with Crippen LogP contribution in [0.3, 0.4) is 0 Å². The molecule has 0 spiro atoms. The second-order valence-corrected chi connectivity index (χ2v) is 9.21. The fourth-order valence-corrected chi connectivity index (χ4v) is 5.01. The first-order valence-corrected chi connectivity index (χ1v) is 11.6. The van der Waals surface area contributed by atoms with Gasteiger partial charge in [-0.2, -0.15) is 0 Å². The van der Waals surface area contributed by atoms with Crippen molar-refractivity contribution in [1.29, 1.82) is 0 Å². The number of benzene rings is 2. The van der Waals surface area contributed by atoms with Crippen LogP contribution in [-0.2, 0) is 22.6 Å². The fraction of sp³-hybridized carbons (Fsp3) is 0.458. The largest absolute Gasteiger partial charge is 0.491 e. The van der Waals surface area contributed by atoms with Crippen molar-refractivity contribution in [2.45, 2.75) is 44.0 Å². The Morgan fingerprint density at radius 1 is 1.10 bits per heavy atom. The van der Waals surface area contributed by atoms with Crippen LogP contribution >= 0.6 is 11.8 Å². The van der Waals surface area contributed by atoms with Crippen LogP contribution in [0, 0.1) is 0 Å². The Labute approximate surface area is 183 Å². The summed E-state index contributed by atoms with van der Waals surface area (Å²) in [5.74, 6) is 1.50. The third-order valence-corrected chi connectivity index (χ3v) is 6.46. The van der Waals surface area contributed by atoms with Crippen molar-refractivity contribution in [2.75, 3.05) is 32.0 Å². The molecule has 0 unspecified atom stereocenters. The highest BCUT2D eigenvalue weighted by molar-refractivity contribution is 8.00. The molecule has 4 rings (SSSR count). The number of carbonyl (C=O) groups excluding carboxylic acids is 1. The van der Waals surface area contributed by atoms with Gasteiger partial charge in [0.2, 0.25) is 5.91 Å². The molecule has 6 heteroatoms. The standard InChI is InChI=1S/C24H30N2O3S/c1-18-13-25(14-19(2)29-18)15-20-8-9-23-21(12-20)16-26(10-11-28-23)24(27)17-30-22-6-4-3-5-7-22/h3-9,12,18-19H,10-11,13-17H2,1-2H3/t18-,19+. The first-order valence-electron chi connectivity index (χ1n) is 10.6. The van der Waals surface area contributed by atoms with Crippen LogP contribution in [-0.4, -0.2) is 59.9 Å². The lowest BCUT2D eigenvalue weighted by Crippen LogP contribution is -2.44. The van der Waals surface area contributed by atoms with Gasteiger partial charge in [-0.3, -0.25) is 9.69 Å². The zero-order valence-corrected chi connectivity index (χ0v) is 18.6. The molecule has 1 saturated heterocycles. The summed E-state index contributed by atoms with van der Waals surface area (Å²) in [7, 11) is 0. The molecule has 2 aliphatic heterocycles. The highest BCUT2D eigenvalue weighted by atomic mass is 32.2. The van der Waals surface area contributed by atoms with E-state index in [1.165, 1.54) is 5.56 Å². The summed E-state index contributed by atoms with van der Waals surface area (Å²) in [5.41, 5.74) is 2.35. The predicted molar refractivity (Wildman–Crippen MR) is 120 cm³/mol. The monoisotopic (exact) mass is 426 g/mol. The van der Waals surface area contributed by atoms with Gasteiger partial charge in [-0.05, 0) is 43.7 Å². The highest BCUT2D eigenvalue weighted by Gasteiger charge is 2.24. The van der Waals surface area contributed by atoms with Gasteiger partial charge in [-0.15, -0.1) is 11.8 Å². The van der Waals surface area contributed by atoms with E-state index >= 15 is 0 Å². The van der Waals surface area contributed by atoms with Crippen LogP contribution < -0.4 is 4.74 Å². The third kappa shape index (κ3) is 5.56. The minimum Gasteiger partial charge on any atom is -0.491 e. The molecule has 0 N–H and O–H groups in total. The van der Waals surface area contributed by atoms with Gasteiger partial charge in [-0.25, -0.2) is 0 Å². The molecule has 2 atom stereocenters. The summed E-state index contributed by atoms with van der Waals surface area (Å²) in [6, 6.07) is 16.5. The van der Waals surface area contributed by atoms with Gasteiger partial charge < -0.3 is 14.4 Å². The smallest absolute Gasteiger partial charge is 0.233 e. The molecular weight excluding hydrogens is 396 g/mol. The average molecular weight is 427 g/mol. The van der Waals surface area contributed by atoms with E-state index in [1.807, 2.05) is 35.2 Å². The van der Waals surface area contributed by atoms with E-state index in [-0.39, 0.29) is 18.1 Å². The summed E-state index contributed by atoms with van der Waals surface area (Å²) in [6.07, 6.45) is 0.515. The third-order valence-electron chi connectivity index (χ3n) is 5.46. The van der Waals surface area contributed by atoms with Crippen molar-refractivity contribution < 1.29 is 14.3 Å². The van der Waals surface area contributed by atoms with E-state index in [0.29, 0.717) is 25.4 Å². The SMILES string of the molecule is C[C@@H]1CN(Cc2ccc3c(c2)CN(C(=O)CSc2ccccc2)CCO3)C[C@H](C)O1. The van der Waals surface area contributed by atoms with Crippen LogP contribution in [0.2, 0.25) is 0 Å². The summed E-state index contributed by atoms with van der Waals surface area (Å²) >= 11 is 1.59. The van der Waals surface area contributed by atoms with Crippen LogP contribution in [0.4, 0.5) is 0 Å². The highest BCUT2D eigenvalue weighted by Crippen LogP contribution is 2.26. The maximum atomic E-state index is 12.8. The Bertz CT molecular complexity index is 851. The number of thioether (sulfide) groups is 1. The molecule has 0 saturated carbocycles. The molecule has 2 heterocycles. The van der Waals surface area contributed by atoms with E-state index in [9.17, 15) is 4.79 Å². The van der Waals surface area contributed by atoms with Crippen LogP contribution in [0.15, 0.2) is 53.4 Å². The first-order chi connectivity index (χ1) is 14.6. The predicted octanol–water partition coefficient (Wildman–Crippen LogP) is 3.81. The number of ether oxygens (including phenoxy) is 2. The maximum absolute atomic E-state index is 12.8. The van der Waals surface area contributed by atoms with Gasteiger partial charge in [-0.1, -0.05) is 24.3 Å². The minimum atomic E-state index is 0.154. The van der Waals surface area contributed by atoms with Crippen LogP contribution in [0.25, 0.3) is 0 Å². The Hall–Kier alpha value is -2.02. The summed E-state index contributed by atoms with van der Waals surface area (Å²) in [6.45, 7) is 8.80.